The summed E-state index contributed by atoms with van der Waals surface area (Å²) in [5, 5.41) is 0. The van der Waals surface area contributed by atoms with Gasteiger partial charge < -0.3 is 0 Å². The molecule has 0 aromatic heterocycles. The van der Waals surface area contributed by atoms with Gasteiger partial charge in [-0.3, -0.25) is 0 Å². The van der Waals surface area contributed by atoms with Gasteiger partial charge in [0.2, 0.25) is 10.0 Å². The number of aryl methyl sites for hydroxylation is 1. The van der Waals surface area contributed by atoms with Crippen molar-refractivity contribution in [2.24, 2.45) is 0 Å². The van der Waals surface area contributed by atoms with Gasteiger partial charge in [0.25, 0.3) is 0 Å². The zero-order valence-corrected chi connectivity index (χ0v) is 13.4. The summed E-state index contributed by atoms with van der Waals surface area (Å²) < 4.78 is 26.9. The molecular weight excluding hydrogens is 282 g/mol. The molecule has 0 bridgehead atoms. The fourth-order valence-electron chi connectivity index (χ4n) is 2.05. The maximum atomic E-state index is 12.7. The number of benzene rings is 1. The van der Waals surface area contributed by atoms with Crippen LogP contribution >= 0.6 is 11.6 Å². The Morgan fingerprint density at radius 3 is 2.37 bits per heavy atom. The molecule has 3 nitrogen and oxygen atoms in total. The van der Waals surface area contributed by atoms with Gasteiger partial charge in [0, 0.05) is 19.0 Å². The Bertz CT molecular complexity index is 514. The zero-order chi connectivity index (χ0) is 14.5. The molecule has 0 amide bonds. The van der Waals surface area contributed by atoms with Gasteiger partial charge in [0.15, 0.2) is 0 Å². The molecule has 0 spiro atoms. The Balaban J connectivity index is 3.32. The third-order valence-corrected chi connectivity index (χ3v) is 5.48. The van der Waals surface area contributed by atoms with Gasteiger partial charge in [-0.2, -0.15) is 4.31 Å². The van der Waals surface area contributed by atoms with Gasteiger partial charge in [-0.1, -0.05) is 32.9 Å². The first kappa shape index (κ1) is 16.5. The molecule has 0 unspecified atom stereocenters. The van der Waals surface area contributed by atoms with Crippen molar-refractivity contribution in [2.75, 3.05) is 13.1 Å². The Hall–Kier alpha value is -0.580. The van der Waals surface area contributed by atoms with E-state index in [-0.39, 0.29) is 0 Å². The van der Waals surface area contributed by atoms with Crippen LogP contribution in [0.15, 0.2) is 23.1 Å². The van der Waals surface area contributed by atoms with Crippen molar-refractivity contribution >= 4 is 21.6 Å². The maximum Gasteiger partial charge on any atom is 0.243 e. The predicted molar refractivity (Wildman–Crippen MR) is 80.1 cm³/mol. The molecule has 5 heteroatoms. The third-order valence-electron chi connectivity index (χ3n) is 3.11. The molecule has 108 valence electrons. The van der Waals surface area contributed by atoms with E-state index in [9.17, 15) is 8.42 Å². The number of sulfonamides is 1. The SMILES string of the molecule is CCCN(CC)S(=O)(=O)c1cc(CCl)ccc1CC. The standard InChI is InChI=1S/C14H22ClNO2S/c1-4-9-16(6-3)19(17,18)14-10-12(11-15)7-8-13(14)5-2/h7-8,10H,4-6,9,11H2,1-3H3. The topological polar surface area (TPSA) is 37.4 Å². The van der Waals surface area contributed by atoms with Crippen LogP contribution in [0.4, 0.5) is 0 Å². The van der Waals surface area contributed by atoms with E-state index in [1.807, 2.05) is 32.9 Å². The van der Waals surface area contributed by atoms with Crippen molar-refractivity contribution in [3.8, 4) is 0 Å². The summed E-state index contributed by atoms with van der Waals surface area (Å²) in [6.07, 6.45) is 1.50. The van der Waals surface area contributed by atoms with E-state index < -0.39 is 10.0 Å². The van der Waals surface area contributed by atoms with Crippen molar-refractivity contribution in [3.63, 3.8) is 0 Å². The largest absolute Gasteiger partial charge is 0.243 e. The van der Waals surface area contributed by atoms with E-state index in [0.29, 0.717) is 30.3 Å². The second-order valence-electron chi connectivity index (χ2n) is 4.43. The van der Waals surface area contributed by atoms with Gasteiger partial charge >= 0.3 is 0 Å². The van der Waals surface area contributed by atoms with Crippen LogP contribution in [0.25, 0.3) is 0 Å². The summed E-state index contributed by atoms with van der Waals surface area (Å²) in [4.78, 5) is 0.406. The summed E-state index contributed by atoms with van der Waals surface area (Å²) in [6, 6.07) is 5.46. The molecule has 0 aliphatic heterocycles. The van der Waals surface area contributed by atoms with E-state index in [1.165, 1.54) is 4.31 Å². The van der Waals surface area contributed by atoms with E-state index in [4.69, 9.17) is 11.6 Å². The van der Waals surface area contributed by atoms with Crippen molar-refractivity contribution < 1.29 is 8.42 Å². The minimum absolute atomic E-state index is 0.326. The van der Waals surface area contributed by atoms with Crippen LogP contribution in [0.1, 0.15) is 38.3 Å². The highest BCUT2D eigenvalue weighted by molar-refractivity contribution is 7.89. The molecule has 0 aliphatic rings. The van der Waals surface area contributed by atoms with Crippen molar-refractivity contribution in [3.05, 3.63) is 29.3 Å². The first-order valence-corrected chi connectivity index (χ1v) is 8.66. The predicted octanol–water partition coefficient (Wildman–Crippen LogP) is 3.41. The van der Waals surface area contributed by atoms with Crippen LogP contribution in [0, 0.1) is 0 Å². The smallest absolute Gasteiger partial charge is 0.207 e. The van der Waals surface area contributed by atoms with Crippen LogP contribution in [0.3, 0.4) is 0 Å². The van der Waals surface area contributed by atoms with Gasteiger partial charge in [0.1, 0.15) is 0 Å². The van der Waals surface area contributed by atoms with E-state index in [2.05, 4.69) is 0 Å². The summed E-state index contributed by atoms with van der Waals surface area (Å²) in [6.45, 7) is 6.85. The van der Waals surface area contributed by atoms with Crippen LogP contribution in [0.5, 0.6) is 0 Å². The zero-order valence-electron chi connectivity index (χ0n) is 11.8. The molecule has 0 saturated carbocycles. The summed E-state index contributed by atoms with van der Waals surface area (Å²) in [7, 11) is -3.41. The average Bonchev–Trinajstić information content (AvgIpc) is 2.43. The monoisotopic (exact) mass is 303 g/mol. The van der Waals surface area contributed by atoms with E-state index >= 15 is 0 Å². The minimum atomic E-state index is -3.41. The molecule has 0 radical (unpaired) electrons. The normalized spacial score (nSPS) is 12.1. The molecule has 0 atom stereocenters. The number of alkyl halides is 1. The Morgan fingerprint density at radius 2 is 1.89 bits per heavy atom. The third kappa shape index (κ3) is 3.71. The molecule has 1 rings (SSSR count). The van der Waals surface area contributed by atoms with Gasteiger partial charge in [0.05, 0.1) is 4.90 Å². The van der Waals surface area contributed by atoms with Crippen molar-refractivity contribution in [1.29, 1.82) is 0 Å². The van der Waals surface area contributed by atoms with E-state index in [0.717, 1.165) is 17.5 Å². The molecule has 0 aliphatic carbocycles. The van der Waals surface area contributed by atoms with Crippen LogP contribution in [0.2, 0.25) is 0 Å². The van der Waals surface area contributed by atoms with Crippen LogP contribution < -0.4 is 0 Å². The highest BCUT2D eigenvalue weighted by atomic mass is 35.5. The molecule has 0 heterocycles. The molecule has 1 aromatic rings. The fraction of sp³-hybridized carbons (Fsp3) is 0.571. The number of hydrogen-bond donors (Lipinski definition) is 0. The van der Waals surface area contributed by atoms with Crippen LogP contribution in [-0.4, -0.2) is 25.8 Å². The Kier molecular flexibility index (Phi) is 6.30. The van der Waals surface area contributed by atoms with Gasteiger partial charge in [-0.25, -0.2) is 8.42 Å². The second kappa shape index (κ2) is 7.27. The molecular formula is C14H22ClNO2S. The number of hydrogen-bond acceptors (Lipinski definition) is 2. The number of nitrogens with zero attached hydrogens (tertiary/aromatic N) is 1. The summed E-state index contributed by atoms with van der Waals surface area (Å²) in [5.41, 5.74) is 1.69. The number of halogens is 1. The first-order valence-electron chi connectivity index (χ1n) is 6.69. The lowest BCUT2D eigenvalue weighted by atomic mass is 10.1. The lowest BCUT2D eigenvalue weighted by molar-refractivity contribution is 0.426. The summed E-state index contributed by atoms with van der Waals surface area (Å²) >= 11 is 5.81. The fourth-order valence-corrected chi connectivity index (χ4v) is 4.10. The molecule has 0 fully saturated rings. The second-order valence-corrected chi connectivity index (χ2v) is 6.60. The average molecular weight is 304 g/mol. The quantitative estimate of drug-likeness (QED) is 0.724. The van der Waals surface area contributed by atoms with Crippen molar-refractivity contribution in [1.82, 2.24) is 4.31 Å². The number of rotatable bonds is 7. The van der Waals surface area contributed by atoms with E-state index in [1.54, 1.807) is 6.07 Å². The van der Waals surface area contributed by atoms with Crippen molar-refractivity contribution in [2.45, 2.75) is 44.4 Å². The van der Waals surface area contributed by atoms with Crippen LogP contribution in [-0.2, 0) is 22.3 Å². The maximum absolute atomic E-state index is 12.7. The Labute approximate surface area is 121 Å². The summed E-state index contributed by atoms with van der Waals surface area (Å²) in [5.74, 6) is 0.326. The van der Waals surface area contributed by atoms with Gasteiger partial charge in [-0.15, -0.1) is 11.6 Å². The Morgan fingerprint density at radius 1 is 1.21 bits per heavy atom. The molecule has 1 aromatic carbocycles. The highest BCUT2D eigenvalue weighted by Gasteiger charge is 2.24. The minimum Gasteiger partial charge on any atom is -0.207 e. The van der Waals surface area contributed by atoms with Gasteiger partial charge in [-0.05, 0) is 30.0 Å². The lowest BCUT2D eigenvalue weighted by Crippen LogP contribution is -2.32. The highest BCUT2D eigenvalue weighted by Crippen LogP contribution is 2.23. The lowest BCUT2D eigenvalue weighted by Gasteiger charge is -2.21. The molecule has 0 saturated heterocycles. The first-order chi connectivity index (χ1) is 9.01. The molecule has 19 heavy (non-hydrogen) atoms. The molecule has 0 N–H and O–H groups in total.